The van der Waals surface area contributed by atoms with E-state index in [9.17, 15) is 0 Å². The van der Waals surface area contributed by atoms with Crippen LogP contribution in [0.3, 0.4) is 0 Å². The predicted molar refractivity (Wildman–Crippen MR) is 40.0 cm³/mol. The Balaban J connectivity index is 2.13. The summed E-state index contributed by atoms with van der Waals surface area (Å²) in [5.41, 5.74) is 0. The Hall–Kier alpha value is -0.0800. The molecule has 0 unspecified atom stereocenters. The molecule has 0 aromatic rings. The maximum absolute atomic E-state index is 5.46. The summed E-state index contributed by atoms with van der Waals surface area (Å²) in [7, 11) is 0. The molecule has 1 fully saturated rings. The molecular formula is C8H16O2. The third-order valence-corrected chi connectivity index (χ3v) is 1.62. The van der Waals surface area contributed by atoms with Gasteiger partial charge in [-0.05, 0) is 12.3 Å². The van der Waals surface area contributed by atoms with Crippen molar-refractivity contribution in [3.05, 3.63) is 0 Å². The summed E-state index contributed by atoms with van der Waals surface area (Å²) in [6.45, 7) is 6.75. The van der Waals surface area contributed by atoms with Crippen LogP contribution in [0.4, 0.5) is 0 Å². The van der Waals surface area contributed by atoms with Crippen LogP contribution in [0.15, 0.2) is 0 Å². The van der Waals surface area contributed by atoms with Crippen molar-refractivity contribution in [3.8, 4) is 0 Å². The molecule has 1 heterocycles. The highest BCUT2D eigenvalue weighted by Gasteiger charge is 2.14. The van der Waals surface area contributed by atoms with Crippen LogP contribution >= 0.6 is 0 Å². The molecule has 0 bridgehead atoms. The summed E-state index contributed by atoms with van der Waals surface area (Å²) < 4.78 is 10.7. The summed E-state index contributed by atoms with van der Waals surface area (Å²) in [5.74, 6) is 0.715. The zero-order chi connectivity index (χ0) is 7.40. The monoisotopic (exact) mass is 144 g/mol. The summed E-state index contributed by atoms with van der Waals surface area (Å²) in [5, 5.41) is 0. The molecule has 1 aliphatic rings. The van der Waals surface area contributed by atoms with E-state index in [-0.39, 0.29) is 0 Å². The van der Waals surface area contributed by atoms with Gasteiger partial charge in [-0.3, -0.25) is 0 Å². The summed E-state index contributed by atoms with van der Waals surface area (Å²) in [4.78, 5) is 0. The van der Waals surface area contributed by atoms with E-state index in [4.69, 9.17) is 9.47 Å². The fourth-order valence-electron chi connectivity index (χ4n) is 1.20. The molecule has 10 heavy (non-hydrogen) atoms. The van der Waals surface area contributed by atoms with Gasteiger partial charge >= 0.3 is 0 Å². The van der Waals surface area contributed by atoms with Crippen molar-refractivity contribution < 1.29 is 9.47 Å². The average molecular weight is 144 g/mol. The first-order chi connectivity index (χ1) is 4.79. The summed E-state index contributed by atoms with van der Waals surface area (Å²) >= 11 is 0. The minimum atomic E-state index is 0.355. The molecule has 0 aromatic carbocycles. The van der Waals surface area contributed by atoms with E-state index in [1.54, 1.807) is 0 Å². The third kappa shape index (κ3) is 2.67. The Morgan fingerprint density at radius 1 is 1.40 bits per heavy atom. The van der Waals surface area contributed by atoms with Crippen LogP contribution in [0.2, 0.25) is 0 Å². The second-order valence-electron chi connectivity index (χ2n) is 3.20. The third-order valence-electron chi connectivity index (χ3n) is 1.62. The topological polar surface area (TPSA) is 18.5 Å². The molecule has 1 saturated heterocycles. The largest absolute Gasteiger partial charge is 0.376 e. The fraction of sp³-hybridized carbons (Fsp3) is 1.00. The van der Waals surface area contributed by atoms with Gasteiger partial charge in [0, 0.05) is 0 Å². The molecule has 2 nitrogen and oxygen atoms in total. The van der Waals surface area contributed by atoms with Crippen molar-refractivity contribution in [1.82, 2.24) is 0 Å². The second kappa shape index (κ2) is 3.94. The molecule has 0 saturated carbocycles. The van der Waals surface area contributed by atoms with Gasteiger partial charge in [-0.25, -0.2) is 0 Å². The highest BCUT2D eigenvalue weighted by molar-refractivity contribution is 4.62. The van der Waals surface area contributed by atoms with Crippen molar-refractivity contribution in [2.75, 3.05) is 19.8 Å². The highest BCUT2D eigenvalue weighted by atomic mass is 16.6. The Kier molecular flexibility index (Phi) is 3.16. The van der Waals surface area contributed by atoms with E-state index in [1.165, 1.54) is 0 Å². The van der Waals surface area contributed by atoms with Gasteiger partial charge in [0.05, 0.1) is 25.9 Å². The zero-order valence-corrected chi connectivity index (χ0v) is 6.80. The van der Waals surface area contributed by atoms with E-state index in [2.05, 4.69) is 13.8 Å². The van der Waals surface area contributed by atoms with Crippen LogP contribution in [0.1, 0.15) is 20.3 Å². The number of ether oxygens (including phenoxy) is 2. The van der Waals surface area contributed by atoms with Crippen LogP contribution in [0.5, 0.6) is 0 Å². The van der Waals surface area contributed by atoms with E-state index in [1.807, 2.05) is 0 Å². The molecule has 0 amide bonds. The van der Waals surface area contributed by atoms with Gasteiger partial charge in [-0.1, -0.05) is 13.8 Å². The smallest absolute Gasteiger partial charge is 0.0812 e. The molecule has 0 aliphatic carbocycles. The SMILES string of the molecule is CC(C)C[C@@H]1COCCO1. The van der Waals surface area contributed by atoms with Crippen molar-refractivity contribution in [1.29, 1.82) is 0 Å². The predicted octanol–water partition coefficient (Wildman–Crippen LogP) is 1.45. The van der Waals surface area contributed by atoms with Gasteiger partial charge < -0.3 is 9.47 Å². The molecule has 60 valence electrons. The van der Waals surface area contributed by atoms with E-state index >= 15 is 0 Å². The van der Waals surface area contributed by atoms with E-state index in [0.29, 0.717) is 12.0 Å². The van der Waals surface area contributed by atoms with Gasteiger partial charge in [-0.15, -0.1) is 0 Å². The molecule has 0 spiro atoms. The van der Waals surface area contributed by atoms with Gasteiger partial charge in [0.2, 0.25) is 0 Å². The fourth-order valence-corrected chi connectivity index (χ4v) is 1.20. The maximum atomic E-state index is 5.46. The van der Waals surface area contributed by atoms with Crippen LogP contribution < -0.4 is 0 Å². The molecule has 0 aromatic heterocycles. The minimum absolute atomic E-state index is 0.355. The lowest BCUT2D eigenvalue weighted by Crippen LogP contribution is -2.29. The highest BCUT2D eigenvalue weighted by Crippen LogP contribution is 2.11. The van der Waals surface area contributed by atoms with Crippen LogP contribution in [0.25, 0.3) is 0 Å². The molecule has 0 N–H and O–H groups in total. The van der Waals surface area contributed by atoms with Crippen LogP contribution in [-0.2, 0) is 9.47 Å². The molecule has 1 aliphatic heterocycles. The molecule has 1 rings (SSSR count). The van der Waals surface area contributed by atoms with E-state index in [0.717, 1.165) is 26.2 Å². The van der Waals surface area contributed by atoms with Crippen molar-refractivity contribution in [2.45, 2.75) is 26.4 Å². The first-order valence-electron chi connectivity index (χ1n) is 3.98. The van der Waals surface area contributed by atoms with Crippen molar-refractivity contribution in [3.63, 3.8) is 0 Å². The van der Waals surface area contributed by atoms with Gasteiger partial charge in [-0.2, -0.15) is 0 Å². The number of hydrogen-bond acceptors (Lipinski definition) is 2. The van der Waals surface area contributed by atoms with Gasteiger partial charge in [0.15, 0.2) is 0 Å². The number of hydrogen-bond donors (Lipinski definition) is 0. The van der Waals surface area contributed by atoms with Gasteiger partial charge in [0.1, 0.15) is 0 Å². The van der Waals surface area contributed by atoms with Crippen molar-refractivity contribution >= 4 is 0 Å². The minimum Gasteiger partial charge on any atom is -0.376 e. The standard InChI is InChI=1S/C8H16O2/c1-7(2)5-8-6-9-3-4-10-8/h7-8H,3-6H2,1-2H3/t8-/m1/s1. The first kappa shape index (κ1) is 8.02. The number of rotatable bonds is 2. The Labute approximate surface area is 62.5 Å². The van der Waals surface area contributed by atoms with Gasteiger partial charge in [0.25, 0.3) is 0 Å². The quantitative estimate of drug-likeness (QED) is 0.584. The Morgan fingerprint density at radius 2 is 2.20 bits per heavy atom. The van der Waals surface area contributed by atoms with E-state index < -0.39 is 0 Å². The van der Waals surface area contributed by atoms with Crippen molar-refractivity contribution in [2.24, 2.45) is 5.92 Å². The zero-order valence-electron chi connectivity index (χ0n) is 6.80. The molecule has 2 heteroatoms. The van der Waals surface area contributed by atoms with Crippen LogP contribution in [0, 0.1) is 5.92 Å². The van der Waals surface area contributed by atoms with Crippen LogP contribution in [-0.4, -0.2) is 25.9 Å². The summed E-state index contributed by atoms with van der Waals surface area (Å²) in [6.07, 6.45) is 1.48. The first-order valence-corrected chi connectivity index (χ1v) is 3.98. The Morgan fingerprint density at radius 3 is 2.70 bits per heavy atom. The molecule has 1 atom stereocenters. The maximum Gasteiger partial charge on any atom is 0.0812 e. The lowest BCUT2D eigenvalue weighted by atomic mass is 10.1. The normalized spacial score (nSPS) is 27.3. The molecular weight excluding hydrogens is 128 g/mol. The second-order valence-corrected chi connectivity index (χ2v) is 3.20. The Bertz CT molecular complexity index is 85.3. The summed E-state index contributed by atoms with van der Waals surface area (Å²) in [6, 6.07) is 0. The average Bonchev–Trinajstić information content (AvgIpc) is 1.88. The lowest BCUT2D eigenvalue weighted by Gasteiger charge is -2.24. The molecule has 0 radical (unpaired) electrons. The lowest BCUT2D eigenvalue weighted by molar-refractivity contribution is -0.0943.